The number of furan rings is 1. The highest BCUT2D eigenvalue weighted by molar-refractivity contribution is 5.87. The van der Waals surface area contributed by atoms with E-state index in [1.165, 1.54) is 7.11 Å². The molecule has 0 atom stereocenters. The van der Waals surface area contributed by atoms with E-state index in [9.17, 15) is 4.79 Å². The van der Waals surface area contributed by atoms with Crippen LogP contribution in [0.25, 0.3) is 11.0 Å². The van der Waals surface area contributed by atoms with Crippen LogP contribution in [0.1, 0.15) is 5.56 Å². The summed E-state index contributed by atoms with van der Waals surface area (Å²) in [6.45, 7) is 1.83. The van der Waals surface area contributed by atoms with Gasteiger partial charge in [-0.25, -0.2) is 4.79 Å². The third-order valence-corrected chi connectivity index (χ3v) is 2.32. The molecule has 0 aliphatic rings. The number of esters is 1. The van der Waals surface area contributed by atoms with Crippen molar-refractivity contribution in [2.75, 3.05) is 13.7 Å². The highest BCUT2D eigenvalue weighted by Gasteiger charge is 2.09. The van der Waals surface area contributed by atoms with E-state index in [1.54, 1.807) is 12.3 Å². The molecule has 0 fully saturated rings. The molecular weight excluding hydrogens is 208 g/mol. The Morgan fingerprint density at radius 3 is 3.00 bits per heavy atom. The predicted molar refractivity (Wildman–Crippen MR) is 58.5 cm³/mol. The fraction of sp³-hybridized carbons (Fsp3) is 0.250. The largest absolute Gasteiger partial charge is 0.481 e. The van der Waals surface area contributed by atoms with Crippen LogP contribution < -0.4 is 4.74 Å². The number of hydrogen-bond acceptors (Lipinski definition) is 4. The maximum absolute atomic E-state index is 11.0. The number of aryl methyl sites for hydroxylation is 1. The minimum absolute atomic E-state index is 0.0970. The van der Waals surface area contributed by atoms with Gasteiger partial charge in [0.2, 0.25) is 0 Å². The Bertz CT molecular complexity index is 513. The summed E-state index contributed by atoms with van der Waals surface area (Å²) >= 11 is 0. The minimum Gasteiger partial charge on any atom is -0.481 e. The number of methoxy groups -OCH3 is 1. The molecule has 1 aromatic heterocycles. The smallest absolute Gasteiger partial charge is 0.343 e. The van der Waals surface area contributed by atoms with Gasteiger partial charge in [0.05, 0.1) is 18.8 Å². The fourth-order valence-electron chi connectivity index (χ4n) is 1.52. The zero-order chi connectivity index (χ0) is 11.5. The highest BCUT2D eigenvalue weighted by atomic mass is 16.6. The zero-order valence-electron chi connectivity index (χ0n) is 9.15. The molecule has 84 valence electrons. The SMILES string of the molecule is COC(=O)COc1cccc2occ(C)c12. The molecular formula is C12H12O4. The van der Waals surface area contributed by atoms with E-state index in [0.717, 1.165) is 16.5 Å². The van der Waals surface area contributed by atoms with E-state index in [2.05, 4.69) is 4.74 Å². The van der Waals surface area contributed by atoms with Crippen molar-refractivity contribution >= 4 is 16.9 Å². The highest BCUT2D eigenvalue weighted by Crippen LogP contribution is 2.29. The third-order valence-electron chi connectivity index (χ3n) is 2.32. The molecule has 1 heterocycles. The molecule has 0 aliphatic heterocycles. The predicted octanol–water partition coefficient (Wildman–Crippen LogP) is 2.29. The van der Waals surface area contributed by atoms with Gasteiger partial charge in [-0.3, -0.25) is 0 Å². The molecule has 0 amide bonds. The van der Waals surface area contributed by atoms with Crippen LogP contribution in [0.5, 0.6) is 5.75 Å². The maximum Gasteiger partial charge on any atom is 0.343 e. The van der Waals surface area contributed by atoms with Gasteiger partial charge in [0, 0.05) is 0 Å². The molecule has 0 saturated heterocycles. The molecule has 0 aliphatic carbocycles. The van der Waals surface area contributed by atoms with Gasteiger partial charge in [0.1, 0.15) is 11.3 Å². The lowest BCUT2D eigenvalue weighted by Crippen LogP contribution is -2.12. The summed E-state index contributed by atoms with van der Waals surface area (Å²) in [6, 6.07) is 5.47. The monoisotopic (exact) mass is 220 g/mol. The van der Waals surface area contributed by atoms with Crippen LogP contribution in [-0.2, 0) is 9.53 Å². The molecule has 2 rings (SSSR count). The quantitative estimate of drug-likeness (QED) is 0.744. The van der Waals surface area contributed by atoms with E-state index in [4.69, 9.17) is 9.15 Å². The van der Waals surface area contributed by atoms with E-state index >= 15 is 0 Å². The lowest BCUT2D eigenvalue weighted by atomic mass is 10.2. The molecule has 1 aromatic carbocycles. The summed E-state index contributed by atoms with van der Waals surface area (Å²) in [6.07, 6.45) is 1.66. The number of rotatable bonds is 3. The molecule has 0 unspecified atom stereocenters. The summed E-state index contributed by atoms with van der Waals surface area (Å²) in [5.74, 6) is 0.229. The van der Waals surface area contributed by atoms with Crippen LogP contribution >= 0.6 is 0 Å². The van der Waals surface area contributed by atoms with Crippen LogP contribution in [-0.4, -0.2) is 19.7 Å². The molecule has 0 saturated carbocycles. The van der Waals surface area contributed by atoms with Gasteiger partial charge in [-0.2, -0.15) is 0 Å². The summed E-state index contributed by atoms with van der Waals surface area (Å²) < 4.78 is 15.2. The van der Waals surface area contributed by atoms with Crippen molar-refractivity contribution in [3.05, 3.63) is 30.0 Å². The summed E-state index contributed by atoms with van der Waals surface area (Å²) in [4.78, 5) is 11.0. The van der Waals surface area contributed by atoms with Crippen molar-refractivity contribution in [3.8, 4) is 5.75 Å². The Morgan fingerprint density at radius 2 is 2.25 bits per heavy atom. The molecule has 4 heteroatoms. The Morgan fingerprint density at radius 1 is 1.44 bits per heavy atom. The van der Waals surface area contributed by atoms with Crippen molar-refractivity contribution in [3.63, 3.8) is 0 Å². The number of ether oxygens (including phenoxy) is 2. The van der Waals surface area contributed by atoms with Gasteiger partial charge in [-0.05, 0) is 24.6 Å². The molecule has 0 bridgehead atoms. The first-order chi connectivity index (χ1) is 7.72. The number of carbonyl (C=O) groups is 1. The molecule has 16 heavy (non-hydrogen) atoms. The van der Waals surface area contributed by atoms with E-state index in [1.807, 2.05) is 19.1 Å². The second-order valence-electron chi connectivity index (χ2n) is 3.41. The van der Waals surface area contributed by atoms with E-state index in [0.29, 0.717) is 5.75 Å². The van der Waals surface area contributed by atoms with E-state index in [-0.39, 0.29) is 6.61 Å². The van der Waals surface area contributed by atoms with Crippen LogP contribution in [0.3, 0.4) is 0 Å². The van der Waals surface area contributed by atoms with Crippen molar-refractivity contribution in [1.82, 2.24) is 0 Å². The van der Waals surface area contributed by atoms with Crippen molar-refractivity contribution < 1.29 is 18.7 Å². The van der Waals surface area contributed by atoms with Gasteiger partial charge < -0.3 is 13.9 Å². The van der Waals surface area contributed by atoms with Crippen LogP contribution in [0.15, 0.2) is 28.9 Å². The first-order valence-electron chi connectivity index (χ1n) is 4.89. The molecule has 2 aromatic rings. The fourth-order valence-corrected chi connectivity index (χ4v) is 1.52. The molecule has 0 radical (unpaired) electrons. The number of hydrogen-bond donors (Lipinski definition) is 0. The van der Waals surface area contributed by atoms with Crippen LogP contribution in [0.2, 0.25) is 0 Å². The first-order valence-corrected chi connectivity index (χ1v) is 4.89. The molecule has 0 N–H and O–H groups in total. The van der Waals surface area contributed by atoms with Gasteiger partial charge in [0.15, 0.2) is 6.61 Å². The summed E-state index contributed by atoms with van der Waals surface area (Å²) in [7, 11) is 1.33. The Hall–Kier alpha value is -1.97. The van der Waals surface area contributed by atoms with Crippen LogP contribution in [0.4, 0.5) is 0 Å². The Balaban J connectivity index is 2.29. The lowest BCUT2D eigenvalue weighted by Gasteiger charge is -2.05. The third kappa shape index (κ3) is 1.86. The van der Waals surface area contributed by atoms with Gasteiger partial charge >= 0.3 is 5.97 Å². The van der Waals surface area contributed by atoms with Gasteiger partial charge in [-0.1, -0.05) is 6.07 Å². The molecule has 4 nitrogen and oxygen atoms in total. The lowest BCUT2D eigenvalue weighted by molar-refractivity contribution is -0.142. The summed E-state index contributed by atoms with van der Waals surface area (Å²) in [5, 5.41) is 0.895. The zero-order valence-corrected chi connectivity index (χ0v) is 9.15. The Labute approximate surface area is 92.8 Å². The van der Waals surface area contributed by atoms with E-state index < -0.39 is 5.97 Å². The summed E-state index contributed by atoms with van der Waals surface area (Å²) in [5.41, 5.74) is 1.73. The number of carbonyl (C=O) groups excluding carboxylic acids is 1. The van der Waals surface area contributed by atoms with Crippen molar-refractivity contribution in [2.45, 2.75) is 6.92 Å². The normalized spacial score (nSPS) is 10.4. The van der Waals surface area contributed by atoms with Crippen molar-refractivity contribution in [1.29, 1.82) is 0 Å². The molecule has 0 spiro atoms. The average Bonchev–Trinajstić information content (AvgIpc) is 2.69. The first kappa shape index (κ1) is 10.5. The maximum atomic E-state index is 11.0. The van der Waals surface area contributed by atoms with Crippen LogP contribution in [0, 0.1) is 6.92 Å². The van der Waals surface area contributed by atoms with Crippen molar-refractivity contribution in [2.24, 2.45) is 0 Å². The van der Waals surface area contributed by atoms with Gasteiger partial charge in [-0.15, -0.1) is 0 Å². The topological polar surface area (TPSA) is 48.7 Å². The number of benzene rings is 1. The standard InChI is InChI=1S/C12H12O4/c1-8-6-15-9-4-3-5-10(12(8)9)16-7-11(13)14-2/h3-6H,7H2,1-2H3. The second kappa shape index (κ2) is 4.26. The Kier molecular flexibility index (Phi) is 2.81. The average molecular weight is 220 g/mol. The second-order valence-corrected chi connectivity index (χ2v) is 3.41. The van der Waals surface area contributed by atoms with Gasteiger partial charge in [0.25, 0.3) is 0 Å². The number of fused-ring (bicyclic) bond motifs is 1. The minimum atomic E-state index is -0.404.